The molecule has 1 heterocycles. The summed E-state index contributed by atoms with van der Waals surface area (Å²) >= 11 is 0. The summed E-state index contributed by atoms with van der Waals surface area (Å²) in [5, 5.41) is 0. The number of ether oxygens (including phenoxy) is 3. The predicted octanol–water partition coefficient (Wildman–Crippen LogP) is 1.42. The molecule has 0 spiro atoms. The van der Waals surface area contributed by atoms with E-state index in [1.807, 2.05) is 24.3 Å². The number of carbonyl (C=O) groups excluding carboxylic acids is 1. The van der Waals surface area contributed by atoms with Gasteiger partial charge in [-0.1, -0.05) is 24.3 Å². The Bertz CT molecular complexity index is 269. The minimum atomic E-state index is -0.599. The van der Waals surface area contributed by atoms with Crippen LogP contribution in [0.4, 0.5) is 4.79 Å². The van der Waals surface area contributed by atoms with Crippen LogP contribution in [-0.2, 0) is 14.2 Å². The van der Waals surface area contributed by atoms with Crippen LogP contribution >= 0.6 is 0 Å². The number of allylic oxidation sites excluding steroid dienone is 2. The van der Waals surface area contributed by atoms with Crippen molar-refractivity contribution < 1.29 is 19.0 Å². The van der Waals surface area contributed by atoms with Crippen molar-refractivity contribution in [1.82, 2.24) is 0 Å². The van der Waals surface area contributed by atoms with Gasteiger partial charge >= 0.3 is 6.16 Å². The Kier molecular flexibility index (Phi) is 2.84. The number of hydrogen-bond acceptors (Lipinski definition) is 4. The van der Waals surface area contributed by atoms with Crippen LogP contribution in [0.25, 0.3) is 0 Å². The van der Waals surface area contributed by atoms with Crippen LogP contribution < -0.4 is 0 Å². The van der Waals surface area contributed by atoms with Crippen molar-refractivity contribution in [1.29, 1.82) is 0 Å². The van der Waals surface area contributed by atoms with E-state index in [4.69, 9.17) is 9.47 Å². The lowest BCUT2D eigenvalue weighted by Gasteiger charge is -2.15. The molecule has 0 aromatic rings. The smallest absolute Gasteiger partial charge is 0.430 e. The summed E-state index contributed by atoms with van der Waals surface area (Å²) in [6, 6.07) is 0. The largest absolute Gasteiger partial charge is 0.508 e. The predicted molar refractivity (Wildman–Crippen MR) is 48.9 cm³/mol. The van der Waals surface area contributed by atoms with Gasteiger partial charge < -0.3 is 14.2 Å². The lowest BCUT2D eigenvalue weighted by atomic mass is 10.1. The Balaban J connectivity index is 1.69. The Labute approximate surface area is 82.1 Å². The van der Waals surface area contributed by atoms with Crippen molar-refractivity contribution in [3.63, 3.8) is 0 Å². The Hall–Kier alpha value is -1.29. The normalized spacial score (nSPS) is 30.1. The highest BCUT2D eigenvalue weighted by molar-refractivity contribution is 5.61. The molecule has 1 aliphatic carbocycles. The van der Waals surface area contributed by atoms with E-state index in [9.17, 15) is 4.79 Å². The molecule has 0 amide bonds. The first-order valence-electron chi connectivity index (χ1n) is 4.63. The van der Waals surface area contributed by atoms with E-state index >= 15 is 0 Å². The van der Waals surface area contributed by atoms with Crippen molar-refractivity contribution in [2.75, 3.05) is 13.2 Å². The highest BCUT2D eigenvalue weighted by Crippen LogP contribution is 2.11. The summed E-state index contributed by atoms with van der Waals surface area (Å²) in [4.78, 5) is 10.6. The number of carbonyl (C=O) groups is 1. The molecule has 4 heteroatoms. The first-order valence-corrected chi connectivity index (χ1v) is 4.63. The van der Waals surface area contributed by atoms with Crippen molar-refractivity contribution in [2.24, 2.45) is 0 Å². The van der Waals surface area contributed by atoms with Gasteiger partial charge in [-0.2, -0.15) is 0 Å². The SMILES string of the molecule is O=C1OCC(COC2C=CC=CC2)O1. The van der Waals surface area contributed by atoms with E-state index in [1.165, 1.54) is 0 Å². The minimum Gasteiger partial charge on any atom is -0.430 e. The fourth-order valence-corrected chi connectivity index (χ4v) is 1.36. The van der Waals surface area contributed by atoms with Gasteiger partial charge in [0.05, 0.1) is 12.7 Å². The van der Waals surface area contributed by atoms with Gasteiger partial charge in [-0.25, -0.2) is 4.79 Å². The van der Waals surface area contributed by atoms with Gasteiger partial charge in [-0.3, -0.25) is 0 Å². The molecule has 0 aromatic heterocycles. The molecule has 1 aliphatic heterocycles. The molecule has 2 aliphatic rings. The summed E-state index contributed by atoms with van der Waals surface area (Å²) in [5.74, 6) is 0. The molecule has 76 valence electrons. The van der Waals surface area contributed by atoms with Crippen LogP contribution in [0, 0.1) is 0 Å². The van der Waals surface area contributed by atoms with Gasteiger partial charge in [0.2, 0.25) is 0 Å². The van der Waals surface area contributed by atoms with Crippen molar-refractivity contribution in [3.05, 3.63) is 24.3 Å². The van der Waals surface area contributed by atoms with E-state index in [0.29, 0.717) is 13.2 Å². The van der Waals surface area contributed by atoms with Crippen LogP contribution in [0.2, 0.25) is 0 Å². The Morgan fingerprint density at radius 1 is 1.50 bits per heavy atom. The van der Waals surface area contributed by atoms with E-state index in [2.05, 4.69) is 4.74 Å². The molecule has 0 aromatic carbocycles. The first kappa shape index (κ1) is 9.27. The quantitative estimate of drug-likeness (QED) is 0.640. The lowest BCUT2D eigenvalue weighted by Crippen LogP contribution is -2.22. The molecule has 0 bridgehead atoms. The van der Waals surface area contributed by atoms with E-state index in [0.717, 1.165) is 6.42 Å². The van der Waals surface area contributed by atoms with E-state index in [-0.39, 0.29) is 12.2 Å². The van der Waals surface area contributed by atoms with Gasteiger partial charge in [-0.15, -0.1) is 0 Å². The lowest BCUT2D eigenvalue weighted by molar-refractivity contribution is 0.0200. The zero-order chi connectivity index (χ0) is 9.80. The zero-order valence-corrected chi connectivity index (χ0v) is 7.72. The molecule has 0 radical (unpaired) electrons. The summed E-state index contributed by atoms with van der Waals surface area (Å²) in [5.41, 5.74) is 0. The molecule has 2 rings (SSSR count). The number of hydrogen-bond donors (Lipinski definition) is 0. The molecular formula is C10H12O4. The van der Waals surface area contributed by atoms with Crippen molar-refractivity contribution >= 4 is 6.16 Å². The molecule has 1 saturated heterocycles. The molecule has 0 saturated carbocycles. The van der Waals surface area contributed by atoms with Gasteiger partial charge in [0.15, 0.2) is 6.10 Å². The second kappa shape index (κ2) is 4.28. The maximum absolute atomic E-state index is 10.6. The molecule has 2 atom stereocenters. The van der Waals surface area contributed by atoms with Crippen LogP contribution in [0.3, 0.4) is 0 Å². The topological polar surface area (TPSA) is 44.8 Å². The zero-order valence-electron chi connectivity index (χ0n) is 7.72. The van der Waals surface area contributed by atoms with Crippen LogP contribution in [0.15, 0.2) is 24.3 Å². The Morgan fingerprint density at radius 2 is 2.43 bits per heavy atom. The summed E-state index contributed by atoms with van der Waals surface area (Å²) in [7, 11) is 0. The van der Waals surface area contributed by atoms with Crippen LogP contribution in [0.1, 0.15) is 6.42 Å². The second-order valence-corrected chi connectivity index (χ2v) is 3.22. The minimum absolute atomic E-state index is 0.0966. The van der Waals surface area contributed by atoms with Crippen molar-refractivity contribution in [2.45, 2.75) is 18.6 Å². The van der Waals surface area contributed by atoms with Gasteiger partial charge in [0.25, 0.3) is 0 Å². The molecule has 14 heavy (non-hydrogen) atoms. The van der Waals surface area contributed by atoms with Gasteiger partial charge in [-0.05, 0) is 6.42 Å². The van der Waals surface area contributed by atoms with E-state index < -0.39 is 6.16 Å². The molecule has 1 fully saturated rings. The average molecular weight is 196 g/mol. The molecule has 0 N–H and O–H groups in total. The number of rotatable bonds is 3. The van der Waals surface area contributed by atoms with E-state index in [1.54, 1.807) is 0 Å². The first-order chi connectivity index (χ1) is 6.84. The third-order valence-electron chi connectivity index (χ3n) is 2.09. The summed E-state index contributed by atoms with van der Waals surface area (Å²) in [6.07, 6.45) is 8.08. The summed E-state index contributed by atoms with van der Waals surface area (Å²) in [6.45, 7) is 0.694. The van der Waals surface area contributed by atoms with Crippen LogP contribution in [-0.4, -0.2) is 31.6 Å². The highest BCUT2D eigenvalue weighted by atomic mass is 16.8. The maximum Gasteiger partial charge on any atom is 0.508 e. The highest BCUT2D eigenvalue weighted by Gasteiger charge is 2.25. The third kappa shape index (κ3) is 2.35. The number of cyclic esters (lactones) is 2. The second-order valence-electron chi connectivity index (χ2n) is 3.22. The summed E-state index contributed by atoms with van der Waals surface area (Å²) < 4.78 is 15.0. The van der Waals surface area contributed by atoms with Crippen molar-refractivity contribution in [3.8, 4) is 0 Å². The van der Waals surface area contributed by atoms with Crippen LogP contribution in [0.5, 0.6) is 0 Å². The molecule has 2 unspecified atom stereocenters. The third-order valence-corrected chi connectivity index (χ3v) is 2.09. The molecular weight excluding hydrogens is 184 g/mol. The van der Waals surface area contributed by atoms with Gasteiger partial charge in [0.1, 0.15) is 6.61 Å². The monoisotopic (exact) mass is 196 g/mol. The molecule has 4 nitrogen and oxygen atoms in total. The standard InChI is InChI=1S/C10H12O4/c11-10-13-7-9(14-10)6-12-8-4-2-1-3-5-8/h1-4,8-9H,5-7H2. The fourth-order valence-electron chi connectivity index (χ4n) is 1.36. The average Bonchev–Trinajstić information content (AvgIpc) is 2.63. The maximum atomic E-state index is 10.6. The van der Waals surface area contributed by atoms with Gasteiger partial charge in [0, 0.05) is 0 Å². The fraction of sp³-hybridized carbons (Fsp3) is 0.500. The Morgan fingerprint density at radius 3 is 3.07 bits per heavy atom.